The van der Waals surface area contributed by atoms with Crippen LogP contribution in [0.3, 0.4) is 0 Å². The summed E-state index contributed by atoms with van der Waals surface area (Å²) in [6.07, 6.45) is 3.46. The molecule has 0 saturated heterocycles. The summed E-state index contributed by atoms with van der Waals surface area (Å²) in [7, 11) is -1.19. The molecular weight excluding hydrogens is 204 g/mol. The molecule has 0 rings (SSSR count). The first-order chi connectivity index (χ1) is 6.73. The quantitative estimate of drug-likeness (QED) is 0.682. The fourth-order valence-electron chi connectivity index (χ4n) is 1.91. The van der Waals surface area contributed by atoms with Crippen LogP contribution >= 0.6 is 0 Å². The molecule has 90 valence electrons. The second kappa shape index (κ2) is 6.43. The monoisotopic (exact) mass is 230 g/mol. The Morgan fingerprint density at radius 1 is 1.33 bits per heavy atom. The van der Waals surface area contributed by atoms with Crippen molar-refractivity contribution in [1.82, 2.24) is 0 Å². The first kappa shape index (κ1) is 14.8. The molecule has 0 heterocycles. The van der Waals surface area contributed by atoms with Gasteiger partial charge in [0, 0.05) is 14.5 Å². The van der Waals surface area contributed by atoms with Gasteiger partial charge in [-0.05, 0) is 32.2 Å². The molecule has 0 radical (unpaired) electrons. The van der Waals surface area contributed by atoms with Crippen LogP contribution < -0.4 is 0 Å². The predicted molar refractivity (Wildman–Crippen MR) is 67.9 cm³/mol. The van der Waals surface area contributed by atoms with Gasteiger partial charge in [0.05, 0.1) is 6.10 Å². The van der Waals surface area contributed by atoms with Gasteiger partial charge in [-0.2, -0.15) is 0 Å². The number of rotatable bonds is 7. The molecule has 0 amide bonds. The Morgan fingerprint density at radius 3 is 2.20 bits per heavy atom. The van der Waals surface area contributed by atoms with Crippen LogP contribution in [0.2, 0.25) is 25.2 Å². The van der Waals surface area contributed by atoms with Crippen molar-refractivity contribution in [3.63, 3.8) is 0 Å². The Morgan fingerprint density at radius 2 is 1.87 bits per heavy atom. The van der Waals surface area contributed by atoms with Crippen molar-refractivity contribution in [2.24, 2.45) is 0 Å². The van der Waals surface area contributed by atoms with E-state index in [1.807, 2.05) is 6.92 Å². The van der Waals surface area contributed by atoms with E-state index in [9.17, 15) is 9.90 Å². The third kappa shape index (κ3) is 7.74. The van der Waals surface area contributed by atoms with Gasteiger partial charge >= 0.3 is 0 Å². The van der Waals surface area contributed by atoms with Crippen LogP contribution in [0.25, 0.3) is 0 Å². The van der Waals surface area contributed by atoms with Crippen molar-refractivity contribution in [3.8, 4) is 0 Å². The molecule has 3 heteroatoms. The normalized spacial score (nSPS) is 16.1. The summed E-state index contributed by atoms with van der Waals surface area (Å²) in [5, 5.41) is 9.45. The number of carbonyl (C=O) groups is 1. The maximum Gasteiger partial charge on any atom is 0.129 e. The molecule has 0 aliphatic rings. The molecule has 1 N–H and O–H groups in total. The molecule has 0 aliphatic heterocycles. The zero-order chi connectivity index (χ0) is 12.1. The minimum Gasteiger partial charge on any atom is -0.393 e. The van der Waals surface area contributed by atoms with Gasteiger partial charge in [0.15, 0.2) is 0 Å². The number of ketones is 1. The fraction of sp³-hybridized carbons (Fsp3) is 0.917. The maximum absolute atomic E-state index is 10.9. The van der Waals surface area contributed by atoms with E-state index < -0.39 is 8.07 Å². The highest BCUT2D eigenvalue weighted by molar-refractivity contribution is 6.77. The smallest absolute Gasteiger partial charge is 0.129 e. The van der Waals surface area contributed by atoms with Crippen molar-refractivity contribution in [3.05, 3.63) is 0 Å². The Labute approximate surface area is 95.1 Å². The molecule has 0 bridgehead atoms. The van der Waals surface area contributed by atoms with Crippen molar-refractivity contribution >= 4 is 13.9 Å². The lowest BCUT2D eigenvalue weighted by Gasteiger charge is -2.30. The van der Waals surface area contributed by atoms with Crippen LogP contribution in [0.15, 0.2) is 0 Å². The Bertz CT molecular complexity index is 194. The van der Waals surface area contributed by atoms with E-state index in [-0.39, 0.29) is 11.9 Å². The summed E-state index contributed by atoms with van der Waals surface area (Å²) in [5.74, 6) is 0.279. The number of Topliss-reactive ketones (excluding diaryl/α,β-unsaturated/α-hetero) is 1. The van der Waals surface area contributed by atoms with E-state index in [1.165, 1.54) is 0 Å². The molecule has 2 nitrogen and oxygen atoms in total. The SMILES string of the molecule is CC(=O)CCCC(CC(C)O)[Si](C)(C)C. The fourth-order valence-corrected chi connectivity index (χ4v) is 4.03. The molecule has 0 aromatic rings. The number of aliphatic hydroxyl groups is 1. The Hall–Kier alpha value is -0.153. The molecule has 0 aromatic carbocycles. The molecule has 15 heavy (non-hydrogen) atoms. The highest BCUT2D eigenvalue weighted by atomic mass is 28.3. The van der Waals surface area contributed by atoms with E-state index in [1.54, 1.807) is 6.92 Å². The van der Waals surface area contributed by atoms with Gasteiger partial charge in [0.2, 0.25) is 0 Å². The van der Waals surface area contributed by atoms with Crippen molar-refractivity contribution in [2.45, 2.75) is 70.8 Å². The van der Waals surface area contributed by atoms with E-state index >= 15 is 0 Å². The summed E-state index contributed by atoms with van der Waals surface area (Å²) < 4.78 is 0. The standard InChI is InChI=1S/C12H26O2Si/c1-10(13)7-6-8-12(9-11(2)14)15(3,4)5/h11-12,14H,6-9H2,1-5H3. The second-order valence-corrected chi connectivity index (χ2v) is 11.3. The molecular formula is C12H26O2Si. The van der Waals surface area contributed by atoms with Crippen LogP contribution in [-0.4, -0.2) is 25.1 Å². The average Bonchev–Trinajstić information content (AvgIpc) is 1.99. The van der Waals surface area contributed by atoms with Crippen molar-refractivity contribution in [2.75, 3.05) is 0 Å². The van der Waals surface area contributed by atoms with Gasteiger partial charge < -0.3 is 9.90 Å². The first-order valence-corrected chi connectivity index (χ1v) is 9.48. The predicted octanol–water partition coefficient (Wildman–Crippen LogP) is 3.23. The van der Waals surface area contributed by atoms with Gasteiger partial charge in [-0.3, -0.25) is 0 Å². The minimum absolute atomic E-state index is 0.209. The highest BCUT2D eigenvalue weighted by Gasteiger charge is 2.27. The molecule has 0 aromatic heterocycles. The van der Waals surface area contributed by atoms with Crippen molar-refractivity contribution < 1.29 is 9.90 Å². The molecule has 0 fully saturated rings. The van der Waals surface area contributed by atoms with Crippen LogP contribution in [0, 0.1) is 0 Å². The summed E-state index contributed by atoms with van der Waals surface area (Å²) in [6, 6.07) is 0. The average molecular weight is 230 g/mol. The van der Waals surface area contributed by atoms with Gasteiger partial charge in [-0.1, -0.05) is 26.1 Å². The molecule has 2 atom stereocenters. The van der Waals surface area contributed by atoms with Gasteiger partial charge in [0.25, 0.3) is 0 Å². The van der Waals surface area contributed by atoms with E-state index in [4.69, 9.17) is 0 Å². The van der Waals surface area contributed by atoms with Crippen LogP contribution in [0.1, 0.15) is 39.5 Å². The summed E-state index contributed by atoms with van der Waals surface area (Å²) in [4.78, 5) is 10.9. The maximum atomic E-state index is 10.9. The number of carbonyl (C=O) groups excluding carboxylic acids is 1. The lowest BCUT2D eigenvalue weighted by Crippen LogP contribution is -2.30. The van der Waals surface area contributed by atoms with Crippen LogP contribution in [-0.2, 0) is 4.79 Å². The van der Waals surface area contributed by atoms with E-state index in [0.717, 1.165) is 19.3 Å². The largest absolute Gasteiger partial charge is 0.393 e. The topological polar surface area (TPSA) is 37.3 Å². The van der Waals surface area contributed by atoms with Gasteiger partial charge in [-0.15, -0.1) is 0 Å². The third-order valence-electron chi connectivity index (χ3n) is 2.93. The Balaban J connectivity index is 4.08. The molecule has 0 spiro atoms. The van der Waals surface area contributed by atoms with E-state index in [0.29, 0.717) is 12.0 Å². The summed E-state index contributed by atoms with van der Waals surface area (Å²) in [5.41, 5.74) is 0.636. The minimum atomic E-state index is -1.19. The second-order valence-electron chi connectivity index (χ2n) is 5.74. The zero-order valence-electron chi connectivity index (χ0n) is 10.8. The molecule has 0 aliphatic carbocycles. The molecule has 0 saturated carbocycles. The first-order valence-electron chi connectivity index (χ1n) is 5.91. The van der Waals surface area contributed by atoms with Gasteiger partial charge in [0.1, 0.15) is 5.78 Å². The zero-order valence-corrected chi connectivity index (χ0v) is 11.8. The van der Waals surface area contributed by atoms with E-state index in [2.05, 4.69) is 19.6 Å². The summed E-state index contributed by atoms with van der Waals surface area (Å²) in [6.45, 7) is 10.5. The third-order valence-corrected chi connectivity index (χ3v) is 5.91. The Kier molecular flexibility index (Phi) is 6.37. The number of hydrogen-bond acceptors (Lipinski definition) is 2. The van der Waals surface area contributed by atoms with Crippen LogP contribution in [0.5, 0.6) is 0 Å². The van der Waals surface area contributed by atoms with Crippen LogP contribution in [0.4, 0.5) is 0 Å². The number of aliphatic hydroxyl groups excluding tert-OH is 1. The lowest BCUT2D eigenvalue weighted by atomic mass is 10.1. The van der Waals surface area contributed by atoms with Crippen molar-refractivity contribution in [1.29, 1.82) is 0 Å². The molecule has 2 unspecified atom stereocenters. The van der Waals surface area contributed by atoms with Gasteiger partial charge in [-0.25, -0.2) is 0 Å². The number of hydrogen-bond donors (Lipinski definition) is 1. The summed E-state index contributed by atoms with van der Waals surface area (Å²) >= 11 is 0. The highest BCUT2D eigenvalue weighted by Crippen LogP contribution is 2.32. The lowest BCUT2D eigenvalue weighted by molar-refractivity contribution is -0.117.